The number of hydrogen-bond acceptors (Lipinski definition) is 5. The van der Waals surface area contributed by atoms with Gasteiger partial charge in [-0.2, -0.15) is 0 Å². The summed E-state index contributed by atoms with van der Waals surface area (Å²) in [4.78, 5) is 26.9. The first-order chi connectivity index (χ1) is 14.7. The SMILES string of the molecule is O=C(NCc1nnc2n1CCN(C(=O)c1cccc(-c3ccco3)c1)CC2)C1CC1. The quantitative estimate of drug-likeness (QED) is 0.703. The van der Waals surface area contributed by atoms with Gasteiger partial charge in [-0.3, -0.25) is 9.59 Å². The molecule has 0 saturated heterocycles. The molecule has 1 aliphatic carbocycles. The van der Waals surface area contributed by atoms with E-state index in [9.17, 15) is 9.59 Å². The van der Waals surface area contributed by atoms with Crippen molar-refractivity contribution in [3.8, 4) is 11.3 Å². The summed E-state index contributed by atoms with van der Waals surface area (Å²) in [5.41, 5.74) is 1.52. The Labute approximate surface area is 173 Å². The molecule has 8 heteroatoms. The number of furan rings is 1. The molecule has 154 valence electrons. The van der Waals surface area contributed by atoms with Crippen LogP contribution in [-0.2, 0) is 24.3 Å². The molecule has 3 aromatic rings. The normalized spacial score (nSPS) is 16.1. The maximum atomic E-state index is 13.1. The molecule has 0 spiro atoms. The first-order valence-electron chi connectivity index (χ1n) is 10.3. The largest absolute Gasteiger partial charge is 0.464 e. The molecule has 0 radical (unpaired) electrons. The van der Waals surface area contributed by atoms with Gasteiger partial charge in [0.1, 0.15) is 11.6 Å². The summed E-state index contributed by atoms with van der Waals surface area (Å²) in [6.45, 7) is 2.14. The van der Waals surface area contributed by atoms with Crippen LogP contribution in [0.3, 0.4) is 0 Å². The molecule has 1 aliphatic heterocycles. The lowest BCUT2D eigenvalue weighted by Crippen LogP contribution is -2.34. The predicted molar refractivity (Wildman–Crippen MR) is 108 cm³/mol. The number of nitrogens with one attached hydrogen (secondary N) is 1. The summed E-state index contributed by atoms with van der Waals surface area (Å²) in [6.07, 6.45) is 4.20. The number of carbonyl (C=O) groups is 2. The molecule has 0 bridgehead atoms. The van der Waals surface area contributed by atoms with Gasteiger partial charge in [0.05, 0.1) is 12.8 Å². The van der Waals surface area contributed by atoms with Crippen LogP contribution in [0.15, 0.2) is 47.1 Å². The summed E-state index contributed by atoms with van der Waals surface area (Å²) < 4.78 is 7.48. The second kappa shape index (κ2) is 7.78. The summed E-state index contributed by atoms with van der Waals surface area (Å²) in [5, 5.41) is 11.5. The first-order valence-corrected chi connectivity index (χ1v) is 10.3. The van der Waals surface area contributed by atoms with Crippen LogP contribution < -0.4 is 5.32 Å². The monoisotopic (exact) mass is 405 g/mol. The third-order valence-corrected chi connectivity index (χ3v) is 5.67. The van der Waals surface area contributed by atoms with Crippen LogP contribution in [0.25, 0.3) is 11.3 Å². The molecule has 30 heavy (non-hydrogen) atoms. The fourth-order valence-corrected chi connectivity index (χ4v) is 3.80. The van der Waals surface area contributed by atoms with Crippen molar-refractivity contribution in [1.82, 2.24) is 25.0 Å². The molecule has 0 unspecified atom stereocenters. The van der Waals surface area contributed by atoms with Gasteiger partial charge in [-0.25, -0.2) is 0 Å². The molecule has 1 N–H and O–H groups in total. The molecule has 1 fully saturated rings. The molecule has 2 aliphatic rings. The van der Waals surface area contributed by atoms with Gasteiger partial charge in [0, 0.05) is 43.1 Å². The van der Waals surface area contributed by atoms with E-state index in [-0.39, 0.29) is 17.7 Å². The zero-order chi connectivity index (χ0) is 20.5. The van der Waals surface area contributed by atoms with Gasteiger partial charge in [0.25, 0.3) is 5.91 Å². The van der Waals surface area contributed by atoms with E-state index >= 15 is 0 Å². The van der Waals surface area contributed by atoms with Gasteiger partial charge in [-0.1, -0.05) is 12.1 Å². The Bertz CT molecular complexity index is 1070. The first kappa shape index (κ1) is 18.6. The maximum Gasteiger partial charge on any atom is 0.253 e. The number of benzene rings is 1. The lowest BCUT2D eigenvalue weighted by atomic mass is 10.1. The number of rotatable bonds is 5. The number of carbonyl (C=O) groups excluding carboxylic acids is 2. The van der Waals surface area contributed by atoms with Crippen molar-refractivity contribution in [3.63, 3.8) is 0 Å². The molecule has 0 atom stereocenters. The van der Waals surface area contributed by atoms with Crippen molar-refractivity contribution in [3.05, 3.63) is 59.9 Å². The minimum Gasteiger partial charge on any atom is -0.464 e. The summed E-state index contributed by atoms with van der Waals surface area (Å²) in [5.74, 6) is 2.59. The topological polar surface area (TPSA) is 93.3 Å². The highest BCUT2D eigenvalue weighted by atomic mass is 16.3. The lowest BCUT2D eigenvalue weighted by molar-refractivity contribution is -0.122. The number of hydrogen-bond donors (Lipinski definition) is 1. The van der Waals surface area contributed by atoms with Crippen molar-refractivity contribution >= 4 is 11.8 Å². The van der Waals surface area contributed by atoms with Crippen LogP contribution >= 0.6 is 0 Å². The van der Waals surface area contributed by atoms with Gasteiger partial charge in [-0.15, -0.1) is 10.2 Å². The molecule has 1 saturated carbocycles. The van der Waals surface area contributed by atoms with Gasteiger partial charge in [0.2, 0.25) is 5.91 Å². The van der Waals surface area contributed by atoms with E-state index in [4.69, 9.17) is 4.42 Å². The van der Waals surface area contributed by atoms with Gasteiger partial charge >= 0.3 is 0 Å². The smallest absolute Gasteiger partial charge is 0.253 e. The second-order valence-electron chi connectivity index (χ2n) is 7.78. The molecule has 5 rings (SSSR count). The molecule has 3 heterocycles. The van der Waals surface area contributed by atoms with Gasteiger partial charge < -0.3 is 19.2 Å². The third-order valence-electron chi connectivity index (χ3n) is 5.67. The molecular formula is C22H23N5O3. The Morgan fingerprint density at radius 1 is 1.10 bits per heavy atom. The molecule has 1 aromatic carbocycles. The minimum atomic E-state index is -0.00861. The number of aromatic nitrogens is 3. The van der Waals surface area contributed by atoms with Crippen LogP contribution in [0.5, 0.6) is 0 Å². The zero-order valence-corrected chi connectivity index (χ0v) is 16.6. The molecule has 2 amide bonds. The number of nitrogens with zero attached hydrogens (tertiary/aromatic N) is 4. The molecule has 8 nitrogen and oxygen atoms in total. The average molecular weight is 405 g/mol. The van der Waals surface area contributed by atoms with Gasteiger partial charge in [-0.05, 0) is 37.1 Å². The Kier molecular flexibility index (Phi) is 4.82. The predicted octanol–water partition coefficient (Wildman–Crippen LogP) is 2.26. The Morgan fingerprint density at radius 2 is 2.00 bits per heavy atom. The highest BCUT2D eigenvalue weighted by molar-refractivity contribution is 5.95. The number of fused-ring (bicyclic) bond motifs is 1. The average Bonchev–Trinajstić information content (AvgIpc) is 3.41. The van der Waals surface area contributed by atoms with E-state index in [1.807, 2.05) is 45.9 Å². The van der Waals surface area contributed by atoms with E-state index < -0.39 is 0 Å². The highest BCUT2D eigenvalue weighted by Crippen LogP contribution is 2.28. The second-order valence-corrected chi connectivity index (χ2v) is 7.78. The van der Waals surface area contributed by atoms with Crippen LogP contribution in [0, 0.1) is 5.92 Å². The fraction of sp³-hybridized carbons (Fsp3) is 0.364. The van der Waals surface area contributed by atoms with E-state index in [1.54, 1.807) is 6.26 Å². The highest BCUT2D eigenvalue weighted by Gasteiger charge is 2.30. The summed E-state index contributed by atoms with van der Waals surface area (Å²) in [7, 11) is 0. The minimum absolute atomic E-state index is 0.00861. The Balaban J connectivity index is 1.27. The van der Waals surface area contributed by atoms with Crippen LogP contribution in [0.2, 0.25) is 0 Å². The lowest BCUT2D eigenvalue weighted by Gasteiger charge is -2.20. The third kappa shape index (κ3) is 3.72. The molecular weight excluding hydrogens is 382 g/mol. The van der Waals surface area contributed by atoms with Crippen molar-refractivity contribution in [1.29, 1.82) is 0 Å². The van der Waals surface area contributed by atoms with E-state index in [0.29, 0.717) is 38.2 Å². The maximum absolute atomic E-state index is 13.1. The fourth-order valence-electron chi connectivity index (χ4n) is 3.80. The van der Waals surface area contributed by atoms with Crippen molar-refractivity contribution in [2.45, 2.75) is 32.4 Å². The van der Waals surface area contributed by atoms with Gasteiger partial charge in [0.15, 0.2) is 5.82 Å². The molecule has 2 aromatic heterocycles. The Morgan fingerprint density at radius 3 is 2.80 bits per heavy atom. The van der Waals surface area contributed by atoms with Crippen LogP contribution in [0.1, 0.15) is 34.8 Å². The summed E-state index contributed by atoms with van der Waals surface area (Å²) in [6, 6.07) is 11.2. The van der Waals surface area contributed by atoms with Crippen LogP contribution in [0.4, 0.5) is 0 Å². The number of amides is 2. The van der Waals surface area contributed by atoms with E-state index in [1.165, 1.54) is 0 Å². The van der Waals surface area contributed by atoms with Crippen molar-refractivity contribution in [2.75, 3.05) is 13.1 Å². The Hall–Kier alpha value is -3.42. The van der Waals surface area contributed by atoms with Crippen LogP contribution in [-0.4, -0.2) is 44.6 Å². The standard InChI is InChI=1S/C22H23N5O3/c28-21(15-6-7-15)23-14-20-25-24-19-8-9-26(10-11-27(19)20)22(29)17-4-1-3-16(13-17)18-5-2-12-30-18/h1-5,12-13,15H,6-11,14H2,(H,23,28). The van der Waals surface area contributed by atoms with E-state index in [0.717, 1.165) is 35.8 Å². The zero-order valence-electron chi connectivity index (χ0n) is 16.6. The summed E-state index contributed by atoms with van der Waals surface area (Å²) >= 11 is 0. The van der Waals surface area contributed by atoms with Crippen molar-refractivity contribution < 1.29 is 14.0 Å². The van der Waals surface area contributed by atoms with E-state index in [2.05, 4.69) is 15.5 Å². The van der Waals surface area contributed by atoms with Crippen molar-refractivity contribution in [2.24, 2.45) is 5.92 Å².